The van der Waals surface area contributed by atoms with Gasteiger partial charge in [-0.25, -0.2) is 4.39 Å². The number of rotatable bonds is 4. The summed E-state index contributed by atoms with van der Waals surface area (Å²) >= 11 is 5.91. The summed E-state index contributed by atoms with van der Waals surface area (Å²) in [5.41, 5.74) is 0.237. The molecule has 118 valence electrons. The number of nitrogens with zero attached hydrogens (tertiary/aromatic N) is 3. The Balaban J connectivity index is 1.87. The molecule has 1 fully saturated rings. The third kappa shape index (κ3) is 3.14. The highest BCUT2D eigenvalue weighted by Crippen LogP contribution is 2.28. The summed E-state index contributed by atoms with van der Waals surface area (Å²) < 4.78 is 19.2. The zero-order valence-corrected chi connectivity index (χ0v) is 13.1. The molecule has 0 bridgehead atoms. The van der Waals surface area contributed by atoms with Crippen molar-refractivity contribution in [1.82, 2.24) is 20.4 Å². The summed E-state index contributed by atoms with van der Waals surface area (Å²) in [6, 6.07) is 4.38. The molecule has 1 N–H and O–H groups in total. The molecule has 2 aromatic rings. The first-order valence-corrected chi connectivity index (χ1v) is 7.80. The highest BCUT2D eigenvalue weighted by atomic mass is 35.5. The monoisotopic (exact) mass is 324 g/mol. The van der Waals surface area contributed by atoms with E-state index in [1.54, 1.807) is 0 Å². The van der Waals surface area contributed by atoms with Crippen molar-refractivity contribution in [1.29, 1.82) is 0 Å². The number of hydrogen-bond donors (Lipinski definition) is 1. The Morgan fingerprint density at radius 2 is 2.18 bits per heavy atom. The second kappa shape index (κ2) is 6.73. The van der Waals surface area contributed by atoms with Gasteiger partial charge in [0, 0.05) is 31.2 Å². The topological polar surface area (TPSA) is 54.2 Å². The smallest absolute Gasteiger partial charge is 0.261 e. The molecule has 1 aliphatic heterocycles. The van der Waals surface area contributed by atoms with Crippen molar-refractivity contribution in [2.24, 2.45) is 0 Å². The van der Waals surface area contributed by atoms with Gasteiger partial charge in [-0.05, 0) is 24.6 Å². The SMILES string of the molecule is CCC(c1noc(-c2cc(Cl)ccc2F)n1)N1CCNCC1. The molecule has 0 radical (unpaired) electrons. The minimum absolute atomic E-state index is 0.0850. The molecule has 0 amide bonds. The molecule has 0 saturated carbocycles. The summed E-state index contributed by atoms with van der Waals surface area (Å²) in [4.78, 5) is 6.71. The predicted molar refractivity (Wildman–Crippen MR) is 82.2 cm³/mol. The molecule has 22 heavy (non-hydrogen) atoms. The van der Waals surface area contributed by atoms with Crippen molar-refractivity contribution >= 4 is 11.6 Å². The Morgan fingerprint density at radius 3 is 2.91 bits per heavy atom. The largest absolute Gasteiger partial charge is 0.334 e. The molecular formula is C15H18ClFN4O. The van der Waals surface area contributed by atoms with Crippen LogP contribution in [-0.2, 0) is 0 Å². The van der Waals surface area contributed by atoms with Crippen molar-refractivity contribution in [2.75, 3.05) is 26.2 Å². The highest BCUT2D eigenvalue weighted by molar-refractivity contribution is 6.30. The third-order valence-electron chi connectivity index (χ3n) is 3.88. The zero-order chi connectivity index (χ0) is 15.5. The molecule has 0 aliphatic carbocycles. The van der Waals surface area contributed by atoms with Crippen LogP contribution in [0.1, 0.15) is 25.2 Å². The van der Waals surface area contributed by atoms with E-state index in [0.717, 1.165) is 32.6 Å². The van der Waals surface area contributed by atoms with Crippen LogP contribution >= 0.6 is 11.6 Å². The van der Waals surface area contributed by atoms with Crippen LogP contribution in [0.3, 0.4) is 0 Å². The number of hydrogen-bond acceptors (Lipinski definition) is 5. The first kappa shape index (κ1) is 15.4. The van der Waals surface area contributed by atoms with Crippen LogP contribution in [0, 0.1) is 5.82 Å². The molecule has 1 saturated heterocycles. The molecule has 1 aromatic carbocycles. The Kier molecular flexibility index (Phi) is 4.71. The molecule has 7 heteroatoms. The quantitative estimate of drug-likeness (QED) is 0.937. The van der Waals surface area contributed by atoms with Crippen molar-refractivity contribution in [3.8, 4) is 11.5 Å². The van der Waals surface area contributed by atoms with Gasteiger partial charge in [-0.1, -0.05) is 23.7 Å². The lowest BCUT2D eigenvalue weighted by Crippen LogP contribution is -2.45. The summed E-state index contributed by atoms with van der Waals surface area (Å²) in [6.45, 7) is 5.86. The maximum absolute atomic E-state index is 13.9. The zero-order valence-electron chi connectivity index (χ0n) is 12.4. The first-order valence-electron chi connectivity index (χ1n) is 7.43. The van der Waals surface area contributed by atoms with E-state index in [1.165, 1.54) is 18.2 Å². The number of piperazine rings is 1. The number of benzene rings is 1. The second-order valence-corrected chi connectivity index (χ2v) is 5.73. The molecule has 1 atom stereocenters. The molecule has 1 aromatic heterocycles. The van der Waals surface area contributed by atoms with Crippen molar-refractivity contribution in [3.05, 3.63) is 34.9 Å². The van der Waals surface area contributed by atoms with Crippen LogP contribution in [0.25, 0.3) is 11.5 Å². The van der Waals surface area contributed by atoms with Crippen LogP contribution in [0.2, 0.25) is 5.02 Å². The fourth-order valence-electron chi connectivity index (χ4n) is 2.74. The van der Waals surface area contributed by atoms with Gasteiger partial charge in [-0.3, -0.25) is 4.90 Å². The van der Waals surface area contributed by atoms with Crippen LogP contribution in [0.15, 0.2) is 22.7 Å². The van der Waals surface area contributed by atoms with Crippen LogP contribution in [0.4, 0.5) is 4.39 Å². The van der Waals surface area contributed by atoms with Crippen molar-refractivity contribution < 1.29 is 8.91 Å². The standard InChI is InChI=1S/C15H18ClFN4O/c1-2-13(21-7-5-18-6-8-21)14-19-15(22-20-14)11-9-10(16)3-4-12(11)17/h3-4,9,13,18H,2,5-8H2,1H3. The van der Waals surface area contributed by atoms with E-state index in [4.69, 9.17) is 16.1 Å². The lowest BCUT2D eigenvalue weighted by molar-refractivity contribution is 0.160. The van der Waals surface area contributed by atoms with Gasteiger partial charge in [-0.2, -0.15) is 4.98 Å². The van der Waals surface area contributed by atoms with Gasteiger partial charge < -0.3 is 9.84 Å². The highest BCUT2D eigenvalue weighted by Gasteiger charge is 2.25. The lowest BCUT2D eigenvalue weighted by Gasteiger charge is -2.32. The average molecular weight is 325 g/mol. The normalized spacial score (nSPS) is 17.6. The average Bonchev–Trinajstić information content (AvgIpc) is 3.01. The Hall–Kier alpha value is -1.50. The Bertz CT molecular complexity index is 642. The van der Waals surface area contributed by atoms with Gasteiger partial charge in [0.05, 0.1) is 11.6 Å². The van der Waals surface area contributed by atoms with Crippen LogP contribution in [0.5, 0.6) is 0 Å². The Labute approximate surface area is 133 Å². The lowest BCUT2D eigenvalue weighted by atomic mass is 10.1. The minimum Gasteiger partial charge on any atom is -0.334 e. The number of aromatic nitrogens is 2. The fraction of sp³-hybridized carbons (Fsp3) is 0.467. The first-order chi connectivity index (χ1) is 10.7. The summed E-state index contributed by atoms with van der Waals surface area (Å²) in [5.74, 6) is 0.345. The number of nitrogens with one attached hydrogen (secondary N) is 1. The van der Waals surface area contributed by atoms with Gasteiger partial charge in [0.15, 0.2) is 5.82 Å². The van der Waals surface area contributed by atoms with E-state index in [0.29, 0.717) is 10.8 Å². The van der Waals surface area contributed by atoms with E-state index < -0.39 is 5.82 Å². The molecule has 2 heterocycles. The van der Waals surface area contributed by atoms with Crippen LogP contribution in [-0.4, -0.2) is 41.2 Å². The summed E-state index contributed by atoms with van der Waals surface area (Å²) in [6.07, 6.45) is 0.872. The molecule has 1 unspecified atom stereocenters. The predicted octanol–water partition coefficient (Wildman–Crippen LogP) is 2.89. The Morgan fingerprint density at radius 1 is 1.41 bits per heavy atom. The third-order valence-corrected chi connectivity index (χ3v) is 4.11. The van der Waals surface area contributed by atoms with E-state index in [2.05, 4.69) is 27.3 Å². The van der Waals surface area contributed by atoms with Gasteiger partial charge in [-0.15, -0.1) is 0 Å². The maximum Gasteiger partial charge on any atom is 0.261 e. The second-order valence-electron chi connectivity index (χ2n) is 5.29. The van der Waals surface area contributed by atoms with E-state index >= 15 is 0 Å². The van der Waals surface area contributed by atoms with Crippen molar-refractivity contribution in [3.63, 3.8) is 0 Å². The van der Waals surface area contributed by atoms with Gasteiger partial charge in [0.1, 0.15) is 5.82 Å². The van der Waals surface area contributed by atoms with E-state index in [1.807, 2.05) is 0 Å². The molecule has 3 rings (SSSR count). The van der Waals surface area contributed by atoms with Gasteiger partial charge >= 0.3 is 0 Å². The van der Waals surface area contributed by atoms with Crippen molar-refractivity contribution in [2.45, 2.75) is 19.4 Å². The molecular weight excluding hydrogens is 307 g/mol. The van der Waals surface area contributed by atoms with Gasteiger partial charge in [0.25, 0.3) is 5.89 Å². The number of halogens is 2. The molecule has 0 spiro atoms. The fourth-order valence-corrected chi connectivity index (χ4v) is 2.91. The van der Waals surface area contributed by atoms with E-state index in [9.17, 15) is 4.39 Å². The van der Waals surface area contributed by atoms with E-state index in [-0.39, 0.29) is 17.5 Å². The molecule has 5 nitrogen and oxygen atoms in total. The summed E-state index contributed by atoms with van der Waals surface area (Å²) in [7, 11) is 0. The minimum atomic E-state index is -0.421. The van der Waals surface area contributed by atoms with Gasteiger partial charge in [0.2, 0.25) is 0 Å². The molecule has 1 aliphatic rings. The maximum atomic E-state index is 13.9. The summed E-state index contributed by atoms with van der Waals surface area (Å²) in [5, 5.41) is 7.81. The van der Waals surface area contributed by atoms with Crippen LogP contribution < -0.4 is 5.32 Å².